The standard InChI is InChI=1S/C10H10F2N4O/c11-6-2-1-3-7(9(6)12)14-10-16-15-8(17-10)4-5-13/h1-3H,4-5,13H2,(H,14,16). The molecule has 1 heterocycles. The average molecular weight is 240 g/mol. The van der Waals surface area contributed by atoms with Crippen LogP contribution in [0.1, 0.15) is 5.89 Å². The summed E-state index contributed by atoms with van der Waals surface area (Å²) in [7, 11) is 0. The highest BCUT2D eigenvalue weighted by Gasteiger charge is 2.11. The van der Waals surface area contributed by atoms with E-state index in [-0.39, 0.29) is 11.7 Å². The number of hydrogen-bond acceptors (Lipinski definition) is 5. The molecule has 0 spiro atoms. The van der Waals surface area contributed by atoms with Crippen LogP contribution in [0, 0.1) is 11.6 Å². The third-order valence-corrected chi connectivity index (χ3v) is 2.02. The molecule has 0 saturated heterocycles. The van der Waals surface area contributed by atoms with Gasteiger partial charge in [-0.1, -0.05) is 11.2 Å². The summed E-state index contributed by atoms with van der Waals surface area (Å²) >= 11 is 0. The van der Waals surface area contributed by atoms with Crippen molar-refractivity contribution < 1.29 is 13.2 Å². The smallest absolute Gasteiger partial charge is 0.320 e. The van der Waals surface area contributed by atoms with Gasteiger partial charge in [-0.3, -0.25) is 0 Å². The van der Waals surface area contributed by atoms with E-state index in [4.69, 9.17) is 10.2 Å². The molecule has 5 nitrogen and oxygen atoms in total. The first-order valence-electron chi connectivity index (χ1n) is 4.94. The highest BCUT2D eigenvalue weighted by Crippen LogP contribution is 2.20. The normalized spacial score (nSPS) is 10.5. The Labute approximate surface area is 95.6 Å². The molecule has 0 amide bonds. The number of rotatable bonds is 4. The van der Waals surface area contributed by atoms with Crippen LogP contribution >= 0.6 is 0 Å². The lowest BCUT2D eigenvalue weighted by atomic mass is 10.3. The maximum absolute atomic E-state index is 13.3. The molecule has 90 valence electrons. The van der Waals surface area contributed by atoms with Gasteiger partial charge in [0.25, 0.3) is 0 Å². The molecule has 0 bridgehead atoms. The van der Waals surface area contributed by atoms with E-state index in [1.54, 1.807) is 0 Å². The van der Waals surface area contributed by atoms with Crippen molar-refractivity contribution >= 4 is 11.7 Å². The van der Waals surface area contributed by atoms with Gasteiger partial charge in [-0.25, -0.2) is 8.78 Å². The molecule has 0 atom stereocenters. The Morgan fingerprint density at radius 1 is 1.29 bits per heavy atom. The quantitative estimate of drug-likeness (QED) is 0.848. The molecular weight excluding hydrogens is 230 g/mol. The fourth-order valence-electron chi connectivity index (χ4n) is 1.24. The van der Waals surface area contributed by atoms with Gasteiger partial charge in [0.15, 0.2) is 11.6 Å². The van der Waals surface area contributed by atoms with Crippen LogP contribution < -0.4 is 11.1 Å². The second kappa shape index (κ2) is 4.88. The maximum atomic E-state index is 13.3. The number of nitrogens with two attached hydrogens (primary N) is 1. The van der Waals surface area contributed by atoms with E-state index in [0.717, 1.165) is 6.07 Å². The van der Waals surface area contributed by atoms with E-state index in [9.17, 15) is 8.78 Å². The number of halogens is 2. The molecule has 0 fully saturated rings. The monoisotopic (exact) mass is 240 g/mol. The van der Waals surface area contributed by atoms with Crippen LogP contribution in [0.5, 0.6) is 0 Å². The summed E-state index contributed by atoms with van der Waals surface area (Å²) in [6.45, 7) is 0.371. The molecule has 0 saturated carbocycles. The van der Waals surface area contributed by atoms with E-state index in [2.05, 4.69) is 15.5 Å². The molecule has 0 aliphatic rings. The first-order valence-corrected chi connectivity index (χ1v) is 4.94. The Bertz CT molecular complexity index is 515. The minimum atomic E-state index is -0.994. The molecule has 0 aliphatic heterocycles. The molecule has 1 aromatic carbocycles. The Balaban J connectivity index is 2.16. The predicted molar refractivity (Wildman–Crippen MR) is 56.7 cm³/mol. The summed E-state index contributed by atoms with van der Waals surface area (Å²) in [5.74, 6) is -1.60. The zero-order chi connectivity index (χ0) is 12.3. The number of anilines is 2. The molecule has 0 unspecified atom stereocenters. The molecule has 2 rings (SSSR count). The zero-order valence-corrected chi connectivity index (χ0v) is 8.78. The van der Waals surface area contributed by atoms with E-state index >= 15 is 0 Å². The molecule has 0 aliphatic carbocycles. The van der Waals surface area contributed by atoms with Gasteiger partial charge < -0.3 is 15.5 Å². The fourth-order valence-corrected chi connectivity index (χ4v) is 1.24. The molecule has 3 N–H and O–H groups in total. The lowest BCUT2D eigenvalue weighted by Gasteiger charge is -2.02. The Morgan fingerprint density at radius 3 is 2.88 bits per heavy atom. The Hall–Kier alpha value is -2.02. The Morgan fingerprint density at radius 2 is 2.12 bits per heavy atom. The first kappa shape index (κ1) is 11.5. The predicted octanol–water partition coefficient (Wildman–Crippen LogP) is 1.59. The van der Waals surface area contributed by atoms with Gasteiger partial charge >= 0.3 is 6.01 Å². The number of aromatic nitrogens is 2. The van der Waals surface area contributed by atoms with Crippen molar-refractivity contribution in [2.75, 3.05) is 11.9 Å². The van der Waals surface area contributed by atoms with E-state index in [1.165, 1.54) is 12.1 Å². The highest BCUT2D eigenvalue weighted by molar-refractivity contribution is 5.52. The third kappa shape index (κ3) is 2.56. The van der Waals surface area contributed by atoms with Gasteiger partial charge in [-0.2, -0.15) is 0 Å². The molecule has 2 aromatic rings. The summed E-state index contributed by atoms with van der Waals surface area (Å²) in [5.41, 5.74) is 5.25. The van der Waals surface area contributed by atoms with Crippen LogP contribution in [0.15, 0.2) is 22.6 Å². The zero-order valence-electron chi connectivity index (χ0n) is 8.78. The lowest BCUT2D eigenvalue weighted by molar-refractivity contribution is 0.501. The molecule has 1 aromatic heterocycles. The first-order chi connectivity index (χ1) is 8.20. The van der Waals surface area contributed by atoms with Gasteiger partial charge in [-0.15, -0.1) is 5.10 Å². The fraction of sp³-hybridized carbons (Fsp3) is 0.200. The van der Waals surface area contributed by atoms with Gasteiger partial charge in [0.2, 0.25) is 5.89 Å². The maximum Gasteiger partial charge on any atom is 0.320 e. The van der Waals surface area contributed by atoms with Crippen LogP contribution in [0.25, 0.3) is 0 Å². The summed E-state index contributed by atoms with van der Waals surface area (Å²) < 4.78 is 31.3. The second-order valence-electron chi connectivity index (χ2n) is 3.27. The summed E-state index contributed by atoms with van der Waals surface area (Å²) in [4.78, 5) is 0. The van der Waals surface area contributed by atoms with Crippen molar-refractivity contribution in [2.24, 2.45) is 5.73 Å². The molecular formula is C10H10F2N4O. The number of nitrogens with one attached hydrogen (secondary N) is 1. The van der Waals surface area contributed by atoms with Gasteiger partial charge in [0.1, 0.15) is 0 Å². The van der Waals surface area contributed by atoms with Crippen molar-refractivity contribution in [1.29, 1.82) is 0 Å². The van der Waals surface area contributed by atoms with E-state index < -0.39 is 11.6 Å². The van der Waals surface area contributed by atoms with E-state index in [0.29, 0.717) is 18.9 Å². The SMILES string of the molecule is NCCc1nnc(Nc2cccc(F)c2F)o1. The van der Waals surface area contributed by atoms with Gasteiger partial charge in [0.05, 0.1) is 5.69 Å². The molecule has 0 radical (unpaired) electrons. The van der Waals surface area contributed by atoms with Crippen molar-refractivity contribution in [3.63, 3.8) is 0 Å². The topological polar surface area (TPSA) is 77.0 Å². The molecule has 17 heavy (non-hydrogen) atoms. The number of benzene rings is 1. The number of hydrogen-bond donors (Lipinski definition) is 2. The number of nitrogens with zero attached hydrogens (tertiary/aromatic N) is 2. The third-order valence-electron chi connectivity index (χ3n) is 2.02. The van der Waals surface area contributed by atoms with Gasteiger partial charge in [0, 0.05) is 13.0 Å². The van der Waals surface area contributed by atoms with Crippen molar-refractivity contribution in [1.82, 2.24) is 10.2 Å². The van der Waals surface area contributed by atoms with Crippen molar-refractivity contribution in [2.45, 2.75) is 6.42 Å². The average Bonchev–Trinajstić information content (AvgIpc) is 2.73. The minimum Gasteiger partial charge on any atom is -0.408 e. The summed E-state index contributed by atoms with van der Waals surface area (Å²) in [6.07, 6.45) is 0.431. The lowest BCUT2D eigenvalue weighted by Crippen LogP contribution is -2.02. The van der Waals surface area contributed by atoms with Crippen LogP contribution in [0.4, 0.5) is 20.5 Å². The highest BCUT2D eigenvalue weighted by atomic mass is 19.2. The largest absolute Gasteiger partial charge is 0.408 e. The Kier molecular flexibility index (Phi) is 3.29. The van der Waals surface area contributed by atoms with Crippen LogP contribution in [0.3, 0.4) is 0 Å². The van der Waals surface area contributed by atoms with Crippen molar-refractivity contribution in [3.8, 4) is 0 Å². The van der Waals surface area contributed by atoms with Gasteiger partial charge in [-0.05, 0) is 12.1 Å². The van der Waals surface area contributed by atoms with Crippen LogP contribution in [-0.2, 0) is 6.42 Å². The summed E-state index contributed by atoms with van der Waals surface area (Å²) in [5, 5.41) is 9.80. The van der Waals surface area contributed by atoms with E-state index in [1.807, 2.05) is 0 Å². The van der Waals surface area contributed by atoms with Crippen LogP contribution in [-0.4, -0.2) is 16.7 Å². The molecule has 7 heteroatoms. The second-order valence-corrected chi connectivity index (χ2v) is 3.27. The van der Waals surface area contributed by atoms with Crippen LogP contribution in [0.2, 0.25) is 0 Å². The minimum absolute atomic E-state index is 0.00190. The van der Waals surface area contributed by atoms with Crippen molar-refractivity contribution in [3.05, 3.63) is 35.7 Å². The summed E-state index contributed by atoms with van der Waals surface area (Å²) in [6, 6.07) is 3.76.